The zero-order valence-corrected chi connectivity index (χ0v) is 20.0. The number of carbonyl (C=O) groups excluding carboxylic acids is 1. The first kappa shape index (κ1) is 22.0. The number of carbonyl (C=O) groups is 1. The molecule has 4 nitrogen and oxygen atoms in total. The number of benzene rings is 3. The van der Waals surface area contributed by atoms with Crippen molar-refractivity contribution in [3.63, 3.8) is 0 Å². The molecule has 0 radical (unpaired) electrons. The largest absolute Gasteiger partial charge is 0.278 e. The Hall–Kier alpha value is -3.83. The molecule has 5 rings (SSSR count). The number of rotatable bonds is 6. The predicted molar refractivity (Wildman–Crippen MR) is 140 cm³/mol. The van der Waals surface area contributed by atoms with Gasteiger partial charge in [-0.1, -0.05) is 65.9 Å². The average molecular weight is 464 g/mol. The molecule has 0 atom stereocenters. The highest BCUT2D eigenvalue weighted by Gasteiger charge is 2.23. The van der Waals surface area contributed by atoms with Gasteiger partial charge in [0.05, 0.1) is 22.5 Å². The van der Waals surface area contributed by atoms with Crippen LogP contribution in [0.5, 0.6) is 0 Å². The second kappa shape index (κ2) is 9.57. The van der Waals surface area contributed by atoms with E-state index in [2.05, 4.69) is 43.1 Å². The zero-order chi connectivity index (χ0) is 23.5. The molecule has 0 unspecified atom stereocenters. The van der Waals surface area contributed by atoms with Crippen LogP contribution in [-0.2, 0) is 13.0 Å². The van der Waals surface area contributed by atoms with Crippen LogP contribution in [0.4, 0.5) is 5.13 Å². The van der Waals surface area contributed by atoms with Crippen molar-refractivity contribution in [3.05, 3.63) is 125 Å². The molecule has 5 heteroatoms. The monoisotopic (exact) mass is 463 g/mol. The van der Waals surface area contributed by atoms with Crippen LogP contribution >= 0.6 is 11.3 Å². The zero-order valence-electron chi connectivity index (χ0n) is 19.2. The van der Waals surface area contributed by atoms with Crippen molar-refractivity contribution < 1.29 is 4.79 Å². The Kier molecular flexibility index (Phi) is 6.19. The second-order valence-electron chi connectivity index (χ2n) is 8.50. The number of fused-ring (bicyclic) bond motifs is 1. The summed E-state index contributed by atoms with van der Waals surface area (Å²) < 4.78 is 1.11. The molecule has 0 aliphatic carbocycles. The van der Waals surface area contributed by atoms with E-state index < -0.39 is 0 Å². The molecular weight excluding hydrogens is 438 g/mol. The van der Waals surface area contributed by atoms with Crippen LogP contribution in [0.25, 0.3) is 10.2 Å². The van der Waals surface area contributed by atoms with Crippen molar-refractivity contribution in [1.82, 2.24) is 9.97 Å². The van der Waals surface area contributed by atoms with Gasteiger partial charge in [-0.3, -0.25) is 14.7 Å². The highest BCUT2D eigenvalue weighted by Crippen LogP contribution is 2.33. The van der Waals surface area contributed by atoms with E-state index in [0.29, 0.717) is 17.2 Å². The Morgan fingerprint density at radius 3 is 2.35 bits per heavy atom. The van der Waals surface area contributed by atoms with Crippen LogP contribution in [0.2, 0.25) is 0 Å². The topological polar surface area (TPSA) is 46.1 Å². The van der Waals surface area contributed by atoms with Gasteiger partial charge < -0.3 is 0 Å². The van der Waals surface area contributed by atoms with Crippen LogP contribution in [0, 0.1) is 13.8 Å². The molecule has 5 aromatic rings. The third kappa shape index (κ3) is 4.75. The number of nitrogens with zero attached hydrogens (tertiary/aromatic N) is 3. The number of amides is 1. The van der Waals surface area contributed by atoms with Gasteiger partial charge in [0.2, 0.25) is 0 Å². The molecule has 34 heavy (non-hydrogen) atoms. The molecule has 0 N–H and O–H groups in total. The summed E-state index contributed by atoms with van der Waals surface area (Å²) in [5.74, 6) is -0.0784. The van der Waals surface area contributed by atoms with Crippen molar-refractivity contribution in [2.24, 2.45) is 0 Å². The number of hydrogen-bond acceptors (Lipinski definition) is 4. The van der Waals surface area contributed by atoms with Crippen molar-refractivity contribution in [1.29, 1.82) is 0 Å². The number of aryl methyl sites for hydroxylation is 2. The first-order valence-corrected chi connectivity index (χ1v) is 12.1. The summed E-state index contributed by atoms with van der Waals surface area (Å²) in [6.07, 6.45) is 2.59. The first-order valence-electron chi connectivity index (χ1n) is 11.3. The maximum Gasteiger partial charge on any atom is 0.260 e. The first-order chi connectivity index (χ1) is 16.6. The molecular formula is C29H25N3OS. The van der Waals surface area contributed by atoms with Gasteiger partial charge in [0.1, 0.15) is 0 Å². The van der Waals surface area contributed by atoms with E-state index in [9.17, 15) is 4.79 Å². The molecule has 2 heterocycles. The summed E-state index contributed by atoms with van der Waals surface area (Å²) in [7, 11) is 0. The number of thiazole rings is 1. The van der Waals surface area contributed by atoms with Crippen LogP contribution in [0.1, 0.15) is 38.3 Å². The molecule has 0 aliphatic heterocycles. The Morgan fingerprint density at radius 1 is 0.882 bits per heavy atom. The number of pyridine rings is 1. The van der Waals surface area contributed by atoms with Gasteiger partial charge in [0, 0.05) is 11.8 Å². The van der Waals surface area contributed by atoms with E-state index in [1.807, 2.05) is 60.7 Å². The van der Waals surface area contributed by atoms with Crippen LogP contribution in [-0.4, -0.2) is 15.9 Å². The molecule has 0 fully saturated rings. The lowest BCUT2D eigenvalue weighted by atomic mass is 10.0. The van der Waals surface area contributed by atoms with Crippen LogP contribution < -0.4 is 4.90 Å². The average Bonchev–Trinajstić information content (AvgIpc) is 3.28. The molecule has 1 amide bonds. The fraction of sp³-hybridized carbons (Fsp3) is 0.138. The fourth-order valence-corrected chi connectivity index (χ4v) is 5.13. The Morgan fingerprint density at radius 2 is 1.62 bits per heavy atom. The van der Waals surface area contributed by atoms with Crippen LogP contribution in [0.3, 0.4) is 0 Å². The second-order valence-corrected chi connectivity index (χ2v) is 9.48. The van der Waals surface area contributed by atoms with E-state index in [0.717, 1.165) is 22.3 Å². The highest BCUT2D eigenvalue weighted by atomic mass is 32.1. The Bertz CT molecular complexity index is 1430. The normalized spacial score (nSPS) is 11.0. The predicted octanol–water partition coefficient (Wildman–Crippen LogP) is 6.75. The van der Waals surface area contributed by atoms with E-state index in [1.165, 1.54) is 22.3 Å². The number of anilines is 1. The smallest absolute Gasteiger partial charge is 0.260 e. The minimum absolute atomic E-state index is 0.0784. The van der Waals surface area contributed by atoms with Gasteiger partial charge in [-0.05, 0) is 72.9 Å². The van der Waals surface area contributed by atoms with Gasteiger partial charge in [-0.15, -0.1) is 0 Å². The quantitative estimate of drug-likeness (QED) is 0.280. The summed E-state index contributed by atoms with van der Waals surface area (Å²) in [6.45, 7) is 4.52. The molecule has 0 bridgehead atoms. The molecule has 0 saturated heterocycles. The summed E-state index contributed by atoms with van der Waals surface area (Å²) in [5, 5.41) is 0.688. The summed E-state index contributed by atoms with van der Waals surface area (Å²) in [4.78, 5) is 24.8. The van der Waals surface area contributed by atoms with Crippen molar-refractivity contribution >= 4 is 32.6 Å². The lowest BCUT2D eigenvalue weighted by Crippen LogP contribution is -2.30. The molecule has 0 saturated carbocycles. The van der Waals surface area contributed by atoms with E-state index in [-0.39, 0.29) is 5.91 Å². The van der Waals surface area contributed by atoms with Gasteiger partial charge in [0.15, 0.2) is 5.13 Å². The minimum atomic E-state index is -0.0784. The lowest BCUT2D eigenvalue weighted by molar-refractivity contribution is 0.0985. The third-order valence-electron chi connectivity index (χ3n) is 5.78. The summed E-state index contributed by atoms with van der Waals surface area (Å²) in [6, 6.07) is 28.2. The maximum atomic E-state index is 13.7. The molecule has 3 aromatic carbocycles. The highest BCUT2D eigenvalue weighted by molar-refractivity contribution is 7.22. The van der Waals surface area contributed by atoms with Gasteiger partial charge in [0.25, 0.3) is 5.91 Å². The third-order valence-corrected chi connectivity index (χ3v) is 7.01. The number of hydrogen-bond donors (Lipinski definition) is 0. The Labute approximate surface area is 203 Å². The Balaban J connectivity index is 1.47. The fourth-order valence-electron chi connectivity index (χ4n) is 4.11. The SMILES string of the molecule is Cc1cc(C)c2sc(N(Cc3ccccn3)C(=O)c3ccc(Cc4ccccc4)cc3)nc2c1. The van der Waals surface area contributed by atoms with Gasteiger partial charge >= 0.3 is 0 Å². The van der Waals surface area contributed by atoms with E-state index in [4.69, 9.17) is 4.98 Å². The molecule has 2 aromatic heterocycles. The van der Waals surface area contributed by atoms with Crippen molar-refractivity contribution in [3.8, 4) is 0 Å². The van der Waals surface area contributed by atoms with Crippen molar-refractivity contribution in [2.75, 3.05) is 4.90 Å². The van der Waals surface area contributed by atoms with E-state index >= 15 is 0 Å². The molecule has 0 spiro atoms. The standard InChI is InChI=1S/C29H25N3OS/c1-20-16-21(2)27-26(17-20)31-29(34-27)32(19-25-10-6-7-15-30-25)28(33)24-13-11-23(12-14-24)18-22-8-4-3-5-9-22/h3-17H,18-19H2,1-2H3. The van der Waals surface area contributed by atoms with Crippen molar-refractivity contribution in [2.45, 2.75) is 26.8 Å². The van der Waals surface area contributed by atoms with Crippen LogP contribution in [0.15, 0.2) is 91.1 Å². The summed E-state index contributed by atoms with van der Waals surface area (Å²) in [5.41, 5.74) is 7.15. The maximum absolute atomic E-state index is 13.7. The van der Waals surface area contributed by atoms with Gasteiger partial charge in [-0.2, -0.15) is 0 Å². The lowest BCUT2D eigenvalue weighted by Gasteiger charge is -2.20. The molecule has 168 valence electrons. The number of aromatic nitrogens is 2. The van der Waals surface area contributed by atoms with E-state index in [1.54, 1.807) is 22.4 Å². The summed E-state index contributed by atoms with van der Waals surface area (Å²) >= 11 is 1.55. The molecule has 0 aliphatic rings. The minimum Gasteiger partial charge on any atom is -0.278 e. The van der Waals surface area contributed by atoms with Gasteiger partial charge in [-0.25, -0.2) is 4.98 Å².